The average Bonchev–Trinajstić information content (AvgIpc) is 2.69. The van der Waals surface area contributed by atoms with Gasteiger partial charge in [0, 0.05) is 24.6 Å². The van der Waals surface area contributed by atoms with Gasteiger partial charge in [0.2, 0.25) is 0 Å². The van der Waals surface area contributed by atoms with Crippen LogP contribution in [-0.2, 0) is 0 Å². The van der Waals surface area contributed by atoms with Gasteiger partial charge >= 0.3 is 0 Å². The molecule has 2 atom stereocenters. The molecule has 1 N–H and O–H groups in total. The van der Waals surface area contributed by atoms with Crippen molar-refractivity contribution in [1.82, 2.24) is 10.2 Å². The van der Waals surface area contributed by atoms with Crippen LogP contribution in [0.1, 0.15) is 17.9 Å². The number of β-amino-alcohol motifs (C(OH)–C–C–N with tert-alkyl or cyclic N) is 1. The summed E-state index contributed by atoms with van der Waals surface area (Å²) in [5.41, 5.74) is 3.13. The van der Waals surface area contributed by atoms with Gasteiger partial charge in [-0.2, -0.15) is 0 Å². The van der Waals surface area contributed by atoms with E-state index in [9.17, 15) is 5.11 Å². The monoisotopic (exact) mass is 331 g/mol. The molecule has 0 saturated carbocycles. The first-order valence-electron chi connectivity index (χ1n) is 8.68. The van der Waals surface area contributed by atoms with Crippen LogP contribution in [0.4, 0.5) is 5.82 Å². The van der Waals surface area contributed by atoms with E-state index < -0.39 is 6.10 Å². The molecule has 0 spiro atoms. The molecule has 4 rings (SSSR count). The number of piperidine rings is 1. The number of hydrogen-bond donors (Lipinski definition) is 1. The molecule has 0 aliphatic carbocycles. The molecule has 1 fully saturated rings. The first kappa shape index (κ1) is 15.8. The van der Waals surface area contributed by atoms with Gasteiger partial charge in [0.1, 0.15) is 0 Å². The minimum Gasteiger partial charge on any atom is -0.391 e. The molecule has 1 aromatic heterocycles. The molecule has 4 heteroatoms. The predicted molar refractivity (Wildman–Crippen MR) is 99.5 cm³/mol. The Morgan fingerprint density at radius 1 is 0.840 bits per heavy atom. The standard InChI is InChI=1S/C21H21N3O/c25-20-15-24(14-13-18(20)16-7-3-1-4-8-16)21-12-11-19(22-23-21)17-9-5-2-6-10-17/h1-12,18,20,25H,13-15H2/t18-,20-/m1/s1. The van der Waals surface area contributed by atoms with E-state index in [1.807, 2.05) is 60.7 Å². The zero-order chi connectivity index (χ0) is 17.1. The minimum atomic E-state index is -0.397. The van der Waals surface area contributed by atoms with Crippen molar-refractivity contribution < 1.29 is 5.11 Å². The van der Waals surface area contributed by atoms with Crippen LogP contribution in [0.3, 0.4) is 0 Å². The number of rotatable bonds is 3. The van der Waals surface area contributed by atoms with Gasteiger partial charge in [-0.25, -0.2) is 0 Å². The minimum absolute atomic E-state index is 0.189. The van der Waals surface area contributed by atoms with Crippen LogP contribution in [-0.4, -0.2) is 34.5 Å². The second-order valence-corrected chi connectivity index (χ2v) is 6.46. The Labute approximate surface area is 147 Å². The third kappa shape index (κ3) is 3.39. The summed E-state index contributed by atoms with van der Waals surface area (Å²) in [7, 11) is 0. The third-order valence-corrected chi connectivity index (χ3v) is 4.85. The van der Waals surface area contributed by atoms with Crippen molar-refractivity contribution in [1.29, 1.82) is 0 Å². The van der Waals surface area contributed by atoms with Crippen LogP contribution >= 0.6 is 0 Å². The smallest absolute Gasteiger partial charge is 0.151 e. The van der Waals surface area contributed by atoms with Crippen molar-refractivity contribution in [3.8, 4) is 11.3 Å². The predicted octanol–water partition coefficient (Wildman–Crippen LogP) is 3.50. The van der Waals surface area contributed by atoms with Gasteiger partial charge in [0.05, 0.1) is 11.8 Å². The SMILES string of the molecule is O[C@@H]1CN(c2ccc(-c3ccccc3)nn2)CC[C@@H]1c1ccccc1. The lowest BCUT2D eigenvalue weighted by molar-refractivity contribution is 0.129. The number of aromatic nitrogens is 2. The van der Waals surface area contributed by atoms with E-state index in [1.54, 1.807) is 0 Å². The second-order valence-electron chi connectivity index (χ2n) is 6.46. The van der Waals surface area contributed by atoms with Crippen LogP contribution in [0.5, 0.6) is 0 Å². The lowest BCUT2D eigenvalue weighted by Gasteiger charge is -2.36. The van der Waals surface area contributed by atoms with E-state index in [4.69, 9.17) is 0 Å². The largest absolute Gasteiger partial charge is 0.391 e. The van der Waals surface area contributed by atoms with Crippen molar-refractivity contribution in [2.75, 3.05) is 18.0 Å². The normalized spacial score (nSPS) is 20.4. The molecule has 1 aliphatic heterocycles. The van der Waals surface area contributed by atoms with E-state index in [0.29, 0.717) is 6.54 Å². The van der Waals surface area contributed by atoms with Gasteiger partial charge in [-0.05, 0) is 24.1 Å². The van der Waals surface area contributed by atoms with Crippen LogP contribution in [0, 0.1) is 0 Å². The Kier molecular flexibility index (Phi) is 4.44. The van der Waals surface area contributed by atoms with Crippen LogP contribution in [0.2, 0.25) is 0 Å². The van der Waals surface area contributed by atoms with E-state index in [1.165, 1.54) is 5.56 Å². The third-order valence-electron chi connectivity index (χ3n) is 4.85. The molecule has 2 heterocycles. The fraction of sp³-hybridized carbons (Fsp3) is 0.238. The number of hydrogen-bond acceptors (Lipinski definition) is 4. The molecule has 0 radical (unpaired) electrons. The second kappa shape index (κ2) is 7.03. The van der Waals surface area contributed by atoms with Crippen molar-refractivity contribution in [2.24, 2.45) is 0 Å². The van der Waals surface area contributed by atoms with E-state index in [0.717, 1.165) is 30.0 Å². The number of anilines is 1. The van der Waals surface area contributed by atoms with Crippen molar-refractivity contribution >= 4 is 5.82 Å². The van der Waals surface area contributed by atoms with Gasteiger partial charge in [-0.15, -0.1) is 10.2 Å². The zero-order valence-electron chi connectivity index (χ0n) is 14.0. The summed E-state index contributed by atoms with van der Waals surface area (Å²) in [5, 5.41) is 19.3. The van der Waals surface area contributed by atoms with Gasteiger partial charge in [-0.3, -0.25) is 0 Å². The first-order chi connectivity index (χ1) is 12.3. The summed E-state index contributed by atoms with van der Waals surface area (Å²) >= 11 is 0. The Morgan fingerprint density at radius 3 is 2.20 bits per heavy atom. The average molecular weight is 331 g/mol. The molecular weight excluding hydrogens is 310 g/mol. The van der Waals surface area contributed by atoms with E-state index >= 15 is 0 Å². The van der Waals surface area contributed by atoms with Crippen LogP contribution < -0.4 is 4.90 Å². The molecule has 0 unspecified atom stereocenters. The Morgan fingerprint density at radius 2 is 1.56 bits per heavy atom. The molecule has 25 heavy (non-hydrogen) atoms. The lowest BCUT2D eigenvalue weighted by Crippen LogP contribution is -2.43. The van der Waals surface area contributed by atoms with Crippen molar-refractivity contribution in [3.63, 3.8) is 0 Å². The fourth-order valence-corrected chi connectivity index (χ4v) is 3.49. The first-order valence-corrected chi connectivity index (χ1v) is 8.68. The molecule has 1 saturated heterocycles. The number of benzene rings is 2. The van der Waals surface area contributed by atoms with Crippen molar-refractivity contribution in [3.05, 3.63) is 78.4 Å². The highest BCUT2D eigenvalue weighted by molar-refractivity contribution is 5.59. The van der Waals surface area contributed by atoms with Gasteiger partial charge in [-0.1, -0.05) is 60.7 Å². The molecular formula is C21H21N3O. The maximum absolute atomic E-state index is 10.6. The van der Waals surface area contributed by atoms with E-state index in [2.05, 4.69) is 27.2 Å². The molecule has 1 aliphatic rings. The Bertz CT molecular complexity index is 806. The fourth-order valence-electron chi connectivity index (χ4n) is 3.49. The maximum atomic E-state index is 10.6. The number of aliphatic hydroxyl groups excluding tert-OH is 1. The number of nitrogens with zero attached hydrogens (tertiary/aromatic N) is 3. The summed E-state index contributed by atoms with van der Waals surface area (Å²) in [6, 6.07) is 24.3. The molecule has 2 aromatic carbocycles. The summed E-state index contributed by atoms with van der Waals surface area (Å²) in [6.07, 6.45) is 0.513. The summed E-state index contributed by atoms with van der Waals surface area (Å²) in [6.45, 7) is 1.45. The van der Waals surface area contributed by atoms with Gasteiger partial charge < -0.3 is 10.0 Å². The molecule has 0 amide bonds. The molecule has 4 nitrogen and oxygen atoms in total. The maximum Gasteiger partial charge on any atom is 0.151 e. The van der Waals surface area contributed by atoms with E-state index in [-0.39, 0.29) is 5.92 Å². The van der Waals surface area contributed by atoms with Crippen LogP contribution in [0.25, 0.3) is 11.3 Å². The Hall–Kier alpha value is -2.72. The van der Waals surface area contributed by atoms with Crippen LogP contribution in [0.15, 0.2) is 72.8 Å². The lowest BCUT2D eigenvalue weighted by atomic mass is 9.87. The quantitative estimate of drug-likeness (QED) is 0.798. The molecule has 126 valence electrons. The molecule has 3 aromatic rings. The number of aliphatic hydroxyl groups is 1. The van der Waals surface area contributed by atoms with Crippen molar-refractivity contribution in [2.45, 2.75) is 18.4 Å². The summed E-state index contributed by atoms with van der Waals surface area (Å²) in [5.74, 6) is 1.01. The summed E-state index contributed by atoms with van der Waals surface area (Å²) < 4.78 is 0. The zero-order valence-corrected chi connectivity index (χ0v) is 14.0. The topological polar surface area (TPSA) is 49.2 Å². The van der Waals surface area contributed by atoms with Gasteiger partial charge in [0.15, 0.2) is 5.82 Å². The summed E-state index contributed by atoms with van der Waals surface area (Å²) in [4.78, 5) is 2.12. The highest BCUT2D eigenvalue weighted by Gasteiger charge is 2.29. The Balaban J connectivity index is 1.47. The van der Waals surface area contributed by atoms with Gasteiger partial charge in [0.25, 0.3) is 0 Å². The molecule has 0 bridgehead atoms. The highest BCUT2D eigenvalue weighted by atomic mass is 16.3. The highest BCUT2D eigenvalue weighted by Crippen LogP contribution is 2.30.